The van der Waals surface area contributed by atoms with Crippen LogP contribution in [0.2, 0.25) is 0 Å². The van der Waals surface area contributed by atoms with Gasteiger partial charge < -0.3 is 16.0 Å². The molecule has 122 valence electrons. The van der Waals surface area contributed by atoms with Gasteiger partial charge in [0.1, 0.15) is 0 Å². The van der Waals surface area contributed by atoms with Crippen LogP contribution in [0.1, 0.15) is 42.1 Å². The Hall–Kier alpha value is -1.31. The van der Waals surface area contributed by atoms with E-state index >= 15 is 0 Å². The van der Waals surface area contributed by atoms with Crippen molar-refractivity contribution in [2.45, 2.75) is 32.7 Å². The molecule has 6 heteroatoms. The van der Waals surface area contributed by atoms with E-state index in [0.717, 1.165) is 50.4 Å². The van der Waals surface area contributed by atoms with Crippen molar-refractivity contribution in [2.24, 2.45) is 4.99 Å². The van der Waals surface area contributed by atoms with Gasteiger partial charge in [0.05, 0.1) is 0 Å². The summed E-state index contributed by atoms with van der Waals surface area (Å²) in [4.78, 5) is 16.2. The van der Waals surface area contributed by atoms with Gasteiger partial charge >= 0.3 is 0 Å². The quantitative estimate of drug-likeness (QED) is 0.493. The molecule has 1 heterocycles. The molecule has 0 bridgehead atoms. The zero-order valence-corrected chi connectivity index (χ0v) is 15.4. The topological polar surface area (TPSA) is 65.5 Å². The third-order valence-electron chi connectivity index (χ3n) is 3.39. The Balaban J connectivity index is 0.00000242. The number of nitrogens with one attached hydrogen (secondary N) is 3. The second kappa shape index (κ2) is 10.4. The standard InChI is InChI=1S/C16H24N4O.HI/c1-2-3-9-17-15(21)14-7-5-13(6-8-14)12-20-16-18-10-4-11-19-16;/h5-8H,2-4,9-12H2,1H3,(H,17,21)(H2,18,19,20);1H. The molecule has 0 fully saturated rings. The zero-order chi connectivity index (χ0) is 14.9. The van der Waals surface area contributed by atoms with E-state index in [0.29, 0.717) is 12.1 Å². The third-order valence-corrected chi connectivity index (χ3v) is 3.39. The van der Waals surface area contributed by atoms with Gasteiger partial charge in [-0.15, -0.1) is 24.0 Å². The first kappa shape index (κ1) is 18.7. The maximum absolute atomic E-state index is 11.9. The van der Waals surface area contributed by atoms with Gasteiger partial charge in [-0.3, -0.25) is 9.79 Å². The minimum Gasteiger partial charge on any atom is -0.356 e. The molecule has 0 aromatic heterocycles. The Labute approximate surface area is 149 Å². The van der Waals surface area contributed by atoms with E-state index < -0.39 is 0 Å². The number of amides is 1. The highest BCUT2D eigenvalue weighted by atomic mass is 127. The summed E-state index contributed by atoms with van der Waals surface area (Å²) in [5.41, 5.74) is 1.85. The van der Waals surface area contributed by atoms with E-state index in [1.54, 1.807) is 0 Å². The molecule has 0 atom stereocenters. The van der Waals surface area contributed by atoms with Gasteiger partial charge in [-0.2, -0.15) is 0 Å². The summed E-state index contributed by atoms with van der Waals surface area (Å²) in [6.45, 7) is 5.42. The summed E-state index contributed by atoms with van der Waals surface area (Å²) in [5, 5.41) is 9.41. The highest BCUT2D eigenvalue weighted by Gasteiger charge is 2.06. The molecule has 0 saturated carbocycles. The molecule has 1 aliphatic rings. The maximum atomic E-state index is 11.9. The van der Waals surface area contributed by atoms with Crippen molar-refractivity contribution in [2.75, 3.05) is 19.6 Å². The number of halogens is 1. The van der Waals surface area contributed by atoms with Crippen LogP contribution in [0.15, 0.2) is 29.3 Å². The van der Waals surface area contributed by atoms with Crippen LogP contribution in [-0.4, -0.2) is 31.5 Å². The van der Waals surface area contributed by atoms with Crippen LogP contribution < -0.4 is 16.0 Å². The first-order valence-electron chi connectivity index (χ1n) is 7.69. The molecule has 2 rings (SSSR count). The average molecular weight is 416 g/mol. The van der Waals surface area contributed by atoms with Crippen molar-refractivity contribution in [1.82, 2.24) is 16.0 Å². The monoisotopic (exact) mass is 416 g/mol. The van der Waals surface area contributed by atoms with Gasteiger partial charge in [-0.25, -0.2) is 0 Å². The summed E-state index contributed by atoms with van der Waals surface area (Å²) in [6.07, 6.45) is 3.19. The maximum Gasteiger partial charge on any atom is 0.251 e. The highest BCUT2D eigenvalue weighted by molar-refractivity contribution is 14.0. The van der Waals surface area contributed by atoms with Crippen molar-refractivity contribution in [3.63, 3.8) is 0 Å². The number of hydrogen-bond donors (Lipinski definition) is 3. The first-order valence-corrected chi connectivity index (χ1v) is 7.69. The molecule has 0 spiro atoms. The zero-order valence-electron chi connectivity index (χ0n) is 13.0. The second-order valence-corrected chi connectivity index (χ2v) is 5.17. The Morgan fingerprint density at radius 1 is 1.32 bits per heavy atom. The average Bonchev–Trinajstić information content (AvgIpc) is 2.54. The Bertz CT molecular complexity index is 487. The van der Waals surface area contributed by atoms with Gasteiger partial charge in [0.2, 0.25) is 0 Å². The van der Waals surface area contributed by atoms with Crippen molar-refractivity contribution in [3.05, 3.63) is 35.4 Å². The summed E-state index contributed by atoms with van der Waals surface area (Å²) in [6, 6.07) is 7.69. The number of aliphatic imine (C=N–C) groups is 1. The SMILES string of the molecule is CCCCNC(=O)c1ccc(CNC2=NCCCN2)cc1.I. The lowest BCUT2D eigenvalue weighted by atomic mass is 10.1. The fourth-order valence-corrected chi connectivity index (χ4v) is 2.09. The number of carbonyl (C=O) groups excluding carboxylic acids is 1. The normalized spacial score (nSPS) is 13.4. The Morgan fingerprint density at radius 3 is 2.73 bits per heavy atom. The van der Waals surface area contributed by atoms with Gasteiger partial charge in [-0.1, -0.05) is 25.5 Å². The Morgan fingerprint density at radius 2 is 2.09 bits per heavy atom. The molecule has 0 radical (unpaired) electrons. The van der Waals surface area contributed by atoms with E-state index in [4.69, 9.17) is 0 Å². The number of nitrogens with zero attached hydrogens (tertiary/aromatic N) is 1. The van der Waals surface area contributed by atoms with Crippen LogP contribution in [0, 0.1) is 0 Å². The molecule has 22 heavy (non-hydrogen) atoms. The summed E-state index contributed by atoms with van der Waals surface area (Å²) < 4.78 is 0. The van der Waals surface area contributed by atoms with Crippen LogP contribution in [0.25, 0.3) is 0 Å². The number of benzene rings is 1. The molecular formula is C16H25IN4O. The molecule has 1 aliphatic heterocycles. The summed E-state index contributed by atoms with van der Waals surface area (Å²) in [7, 11) is 0. The van der Waals surface area contributed by atoms with E-state index in [2.05, 4.69) is 27.9 Å². The predicted octanol–water partition coefficient (Wildman–Crippen LogP) is 2.27. The van der Waals surface area contributed by atoms with Crippen LogP contribution in [0.4, 0.5) is 0 Å². The Kier molecular flexibility index (Phi) is 8.88. The van der Waals surface area contributed by atoms with Gasteiger partial charge in [0, 0.05) is 31.7 Å². The molecule has 5 nitrogen and oxygen atoms in total. The molecule has 0 aliphatic carbocycles. The van der Waals surface area contributed by atoms with Gasteiger partial charge in [0.25, 0.3) is 5.91 Å². The molecule has 3 N–H and O–H groups in total. The van der Waals surface area contributed by atoms with Crippen molar-refractivity contribution < 1.29 is 4.79 Å². The van der Waals surface area contributed by atoms with Crippen molar-refractivity contribution in [3.8, 4) is 0 Å². The summed E-state index contributed by atoms with van der Waals surface area (Å²) in [5.74, 6) is 0.865. The fourth-order valence-electron chi connectivity index (χ4n) is 2.09. The van der Waals surface area contributed by atoms with Crippen LogP contribution in [0.3, 0.4) is 0 Å². The minimum absolute atomic E-state index is 0. The molecule has 1 amide bonds. The lowest BCUT2D eigenvalue weighted by Gasteiger charge is -2.16. The number of unbranched alkanes of at least 4 members (excludes halogenated alkanes) is 1. The molecule has 0 saturated heterocycles. The number of rotatable bonds is 6. The smallest absolute Gasteiger partial charge is 0.251 e. The van der Waals surface area contributed by atoms with E-state index in [9.17, 15) is 4.79 Å². The highest BCUT2D eigenvalue weighted by Crippen LogP contribution is 2.04. The largest absolute Gasteiger partial charge is 0.356 e. The predicted molar refractivity (Wildman–Crippen MR) is 101 cm³/mol. The first-order chi connectivity index (χ1) is 10.3. The summed E-state index contributed by atoms with van der Waals surface area (Å²) >= 11 is 0. The molecule has 0 unspecified atom stereocenters. The van der Waals surface area contributed by atoms with E-state index in [1.165, 1.54) is 0 Å². The van der Waals surface area contributed by atoms with E-state index in [1.807, 2.05) is 24.3 Å². The lowest BCUT2D eigenvalue weighted by Crippen LogP contribution is -2.40. The molecular weight excluding hydrogens is 391 g/mol. The van der Waals surface area contributed by atoms with Crippen molar-refractivity contribution >= 4 is 35.8 Å². The van der Waals surface area contributed by atoms with Crippen LogP contribution in [-0.2, 0) is 6.54 Å². The molecule has 1 aromatic carbocycles. The van der Waals surface area contributed by atoms with Gasteiger partial charge in [-0.05, 0) is 30.5 Å². The third kappa shape index (κ3) is 6.21. The fraction of sp³-hybridized carbons (Fsp3) is 0.500. The second-order valence-electron chi connectivity index (χ2n) is 5.17. The lowest BCUT2D eigenvalue weighted by molar-refractivity contribution is 0.0953. The number of hydrogen-bond acceptors (Lipinski definition) is 4. The van der Waals surface area contributed by atoms with Crippen molar-refractivity contribution in [1.29, 1.82) is 0 Å². The van der Waals surface area contributed by atoms with Gasteiger partial charge in [0.15, 0.2) is 5.96 Å². The van der Waals surface area contributed by atoms with E-state index in [-0.39, 0.29) is 29.9 Å². The van der Waals surface area contributed by atoms with Crippen LogP contribution >= 0.6 is 24.0 Å². The number of carbonyl (C=O) groups is 1. The van der Waals surface area contributed by atoms with Crippen LogP contribution in [0.5, 0.6) is 0 Å². The molecule has 1 aromatic rings. The minimum atomic E-state index is 0. The number of guanidine groups is 1.